The molecule has 0 spiro atoms. The summed E-state index contributed by atoms with van der Waals surface area (Å²) in [5.74, 6) is 1.43. The molecule has 0 saturated heterocycles. The van der Waals surface area contributed by atoms with Gasteiger partial charge in [0.05, 0.1) is 12.3 Å². The Kier molecular flexibility index (Phi) is 6.72. The largest absolute Gasteiger partial charge is 0.493 e. The fourth-order valence-corrected chi connectivity index (χ4v) is 3.88. The summed E-state index contributed by atoms with van der Waals surface area (Å²) in [5, 5.41) is 0. The van der Waals surface area contributed by atoms with Crippen molar-refractivity contribution in [3.63, 3.8) is 0 Å². The number of pyridine rings is 1. The molecule has 2 aromatic rings. The third-order valence-electron chi connectivity index (χ3n) is 5.06. The van der Waals surface area contributed by atoms with Crippen molar-refractivity contribution in [3.05, 3.63) is 45.9 Å². The van der Waals surface area contributed by atoms with Crippen LogP contribution in [0.5, 0.6) is 5.75 Å². The molecule has 1 aromatic heterocycles. The van der Waals surface area contributed by atoms with Gasteiger partial charge in [-0.3, -0.25) is 4.79 Å². The van der Waals surface area contributed by atoms with E-state index in [1.165, 1.54) is 12.8 Å². The molecule has 0 amide bonds. The number of nitrogens with zero attached hydrogens (tertiary/aromatic N) is 1. The summed E-state index contributed by atoms with van der Waals surface area (Å²) in [6, 6.07) is 7.89. The first-order valence-corrected chi connectivity index (χ1v) is 10.0. The lowest BCUT2D eigenvalue weighted by Gasteiger charge is -2.17. The first kappa shape index (κ1) is 21.5. The van der Waals surface area contributed by atoms with Crippen LogP contribution in [0.1, 0.15) is 36.7 Å². The maximum Gasteiger partial charge on any atom is 0.253 e. The zero-order chi connectivity index (χ0) is 17.6. The summed E-state index contributed by atoms with van der Waals surface area (Å²) in [4.78, 5) is 13.5. The molecule has 2 aliphatic rings. The van der Waals surface area contributed by atoms with Crippen molar-refractivity contribution in [2.24, 2.45) is 5.92 Å². The third-order valence-corrected chi connectivity index (χ3v) is 5.79. The number of aromatic nitrogens is 1. The topological polar surface area (TPSA) is 94.2 Å². The van der Waals surface area contributed by atoms with E-state index in [2.05, 4.69) is 6.07 Å². The summed E-state index contributed by atoms with van der Waals surface area (Å²) >= 11 is 1.65. The molecule has 2 heterocycles. The third kappa shape index (κ3) is 4.05. The number of aryl methyl sites for hydroxylation is 1. The van der Waals surface area contributed by atoms with Gasteiger partial charge in [0.25, 0.3) is 5.56 Å². The van der Waals surface area contributed by atoms with E-state index in [0.29, 0.717) is 36.7 Å². The molecular weight excluding hydrogens is 369 g/mol. The number of halogens is 1. The van der Waals surface area contributed by atoms with Gasteiger partial charge in [0.2, 0.25) is 0 Å². The zero-order valence-electron chi connectivity index (χ0n) is 15.5. The van der Waals surface area contributed by atoms with E-state index in [1.54, 1.807) is 23.3 Å². The summed E-state index contributed by atoms with van der Waals surface area (Å²) in [5.41, 5.74) is 2.76. The van der Waals surface area contributed by atoms with Crippen LogP contribution in [-0.4, -0.2) is 28.4 Å². The number of rotatable bonds is 5. The van der Waals surface area contributed by atoms with Gasteiger partial charge in [-0.1, -0.05) is 0 Å². The van der Waals surface area contributed by atoms with Gasteiger partial charge in [-0.25, -0.2) is 4.39 Å². The lowest BCUT2D eigenvalue weighted by atomic mass is 9.99. The second-order valence-electron chi connectivity index (χ2n) is 6.96. The Morgan fingerprint density at radius 3 is 2.59 bits per heavy atom. The van der Waals surface area contributed by atoms with Gasteiger partial charge in [0.15, 0.2) is 0 Å². The van der Waals surface area contributed by atoms with E-state index in [1.807, 2.05) is 24.5 Å². The SMILES string of the molecule is CSc1ccc(OCC2CC2)c(-c2cc(C)c(=O)n3c2C(F)CC3)c1.O.O. The summed E-state index contributed by atoms with van der Waals surface area (Å²) in [7, 11) is 0. The highest BCUT2D eigenvalue weighted by molar-refractivity contribution is 7.98. The lowest BCUT2D eigenvalue weighted by Crippen LogP contribution is -2.22. The molecule has 1 aliphatic heterocycles. The monoisotopic (exact) mass is 395 g/mol. The quantitative estimate of drug-likeness (QED) is 0.728. The Bertz CT molecular complexity index is 879. The molecule has 1 saturated carbocycles. The van der Waals surface area contributed by atoms with Gasteiger partial charge in [0, 0.05) is 34.6 Å². The summed E-state index contributed by atoms with van der Waals surface area (Å²) in [6.07, 6.45) is 3.73. The highest BCUT2D eigenvalue weighted by atomic mass is 32.2. The highest BCUT2D eigenvalue weighted by Gasteiger charge is 2.29. The fraction of sp³-hybridized carbons (Fsp3) is 0.450. The normalized spacial score (nSPS) is 17.7. The van der Waals surface area contributed by atoms with E-state index < -0.39 is 6.17 Å². The molecule has 4 N–H and O–H groups in total. The zero-order valence-corrected chi connectivity index (χ0v) is 16.4. The summed E-state index contributed by atoms with van der Waals surface area (Å²) < 4.78 is 22.3. The van der Waals surface area contributed by atoms with Crippen LogP contribution in [0.4, 0.5) is 4.39 Å². The molecule has 5 nitrogen and oxygen atoms in total. The summed E-state index contributed by atoms with van der Waals surface area (Å²) in [6.45, 7) is 2.96. The van der Waals surface area contributed by atoms with Crippen LogP contribution in [0.2, 0.25) is 0 Å². The van der Waals surface area contributed by atoms with Crippen molar-refractivity contribution in [2.75, 3.05) is 12.9 Å². The van der Waals surface area contributed by atoms with E-state index >= 15 is 0 Å². The Labute approximate surface area is 162 Å². The number of hydrogen-bond acceptors (Lipinski definition) is 3. The minimum atomic E-state index is -1.10. The first-order valence-electron chi connectivity index (χ1n) is 8.78. The molecule has 4 rings (SSSR count). The van der Waals surface area contributed by atoms with E-state index in [9.17, 15) is 9.18 Å². The molecular formula is C20H26FNO4S. The molecule has 1 atom stereocenters. The van der Waals surface area contributed by atoms with Crippen LogP contribution < -0.4 is 10.3 Å². The molecule has 1 unspecified atom stereocenters. The van der Waals surface area contributed by atoms with Crippen molar-refractivity contribution >= 4 is 11.8 Å². The van der Waals surface area contributed by atoms with Crippen LogP contribution >= 0.6 is 11.8 Å². The minimum Gasteiger partial charge on any atom is -0.493 e. The van der Waals surface area contributed by atoms with Crippen molar-refractivity contribution in [1.29, 1.82) is 0 Å². The average Bonchev–Trinajstić information content (AvgIpc) is 3.37. The molecule has 7 heteroatoms. The van der Waals surface area contributed by atoms with Crippen molar-refractivity contribution in [2.45, 2.75) is 43.8 Å². The van der Waals surface area contributed by atoms with Crippen LogP contribution in [0.15, 0.2) is 34.0 Å². The van der Waals surface area contributed by atoms with Crippen molar-refractivity contribution in [1.82, 2.24) is 4.57 Å². The molecule has 0 bridgehead atoms. The van der Waals surface area contributed by atoms with Gasteiger partial charge < -0.3 is 20.3 Å². The van der Waals surface area contributed by atoms with Crippen molar-refractivity contribution in [3.8, 4) is 16.9 Å². The number of fused-ring (bicyclic) bond motifs is 1. The predicted molar refractivity (Wildman–Crippen MR) is 107 cm³/mol. The molecule has 1 aliphatic carbocycles. The number of alkyl halides is 1. The maximum absolute atomic E-state index is 14.6. The van der Waals surface area contributed by atoms with Crippen molar-refractivity contribution < 1.29 is 20.1 Å². The smallest absolute Gasteiger partial charge is 0.253 e. The van der Waals surface area contributed by atoms with E-state index in [4.69, 9.17) is 4.74 Å². The number of hydrogen-bond donors (Lipinski definition) is 0. The predicted octanol–water partition coefficient (Wildman–Crippen LogP) is 3.10. The van der Waals surface area contributed by atoms with E-state index in [0.717, 1.165) is 21.8 Å². The molecule has 0 radical (unpaired) electrons. The standard InChI is InChI=1S/C20H22FNO2S.2H2O/c1-12-9-16(19-17(21)7-8-22(19)20(12)23)15-10-14(25-2)5-6-18(15)24-11-13-3-4-13;;/h5-6,9-10,13,17H,3-4,7-8,11H2,1-2H3;2*1H2. The van der Waals surface area contributed by atoms with Gasteiger partial charge in [0.1, 0.15) is 11.9 Å². The lowest BCUT2D eigenvalue weighted by molar-refractivity contribution is 0.300. The Hall–Kier alpha value is -1.83. The minimum absolute atomic E-state index is 0. The van der Waals surface area contributed by atoms with Crippen LogP contribution in [0.25, 0.3) is 11.1 Å². The number of thioether (sulfide) groups is 1. The maximum atomic E-state index is 14.6. The highest BCUT2D eigenvalue weighted by Crippen LogP contribution is 2.42. The molecule has 1 fully saturated rings. The van der Waals surface area contributed by atoms with Crippen LogP contribution in [0.3, 0.4) is 0 Å². The Morgan fingerprint density at radius 1 is 1.19 bits per heavy atom. The van der Waals surface area contributed by atoms with Gasteiger partial charge >= 0.3 is 0 Å². The number of ether oxygens (including phenoxy) is 1. The average molecular weight is 395 g/mol. The Morgan fingerprint density at radius 2 is 1.93 bits per heavy atom. The number of benzene rings is 1. The second-order valence-corrected chi connectivity index (χ2v) is 7.84. The second kappa shape index (κ2) is 8.46. The fourth-order valence-electron chi connectivity index (χ4n) is 3.44. The van der Waals surface area contributed by atoms with Crippen LogP contribution in [0, 0.1) is 12.8 Å². The molecule has 27 heavy (non-hydrogen) atoms. The van der Waals surface area contributed by atoms with Crippen LogP contribution in [-0.2, 0) is 6.54 Å². The molecule has 1 aromatic carbocycles. The first-order chi connectivity index (χ1) is 12.1. The Balaban J connectivity index is 0.00000131. The van der Waals surface area contributed by atoms with Gasteiger partial charge in [-0.15, -0.1) is 11.8 Å². The van der Waals surface area contributed by atoms with E-state index in [-0.39, 0.29) is 16.5 Å². The van der Waals surface area contributed by atoms with Gasteiger partial charge in [-0.05, 0) is 56.2 Å². The van der Waals surface area contributed by atoms with Gasteiger partial charge in [-0.2, -0.15) is 0 Å². The molecule has 148 valence electrons.